The molecule has 0 atom stereocenters. The van der Waals surface area contributed by atoms with Gasteiger partial charge in [0.2, 0.25) is 0 Å². The van der Waals surface area contributed by atoms with Crippen molar-refractivity contribution in [2.75, 3.05) is 26.2 Å². The van der Waals surface area contributed by atoms with E-state index in [1.165, 1.54) is 11.2 Å². The Labute approximate surface area is 208 Å². The van der Waals surface area contributed by atoms with Crippen molar-refractivity contribution in [3.63, 3.8) is 0 Å². The Bertz CT molecular complexity index is 1450. The molecule has 0 bridgehead atoms. The first-order valence-corrected chi connectivity index (χ1v) is 12.0. The molecule has 2 aliphatic heterocycles. The van der Waals surface area contributed by atoms with Crippen molar-refractivity contribution < 1.29 is 22.4 Å². The molecule has 3 aromatic heterocycles. The summed E-state index contributed by atoms with van der Waals surface area (Å²) < 4.78 is 54.6. The molecule has 6 rings (SSSR count). The summed E-state index contributed by atoms with van der Waals surface area (Å²) in [5.41, 5.74) is 1.10. The molecule has 1 aromatic carbocycles. The zero-order chi connectivity index (χ0) is 25.7. The number of hydrogen-bond acceptors (Lipinski definition) is 5. The van der Waals surface area contributed by atoms with Crippen LogP contribution in [0.25, 0.3) is 22.3 Å². The van der Waals surface area contributed by atoms with Crippen molar-refractivity contribution in [2.45, 2.75) is 31.1 Å². The number of carbonyl (C=O) groups is 1. The van der Waals surface area contributed by atoms with Gasteiger partial charge in [-0.15, -0.1) is 0 Å². The first-order valence-electron chi connectivity index (χ1n) is 12.0. The summed E-state index contributed by atoms with van der Waals surface area (Å²) in [6.07, 6.45) is 3.95. The van der Waals surface area contributed by atoms with Crippen LogP contribution in [0, 0.1) is 5.82 Å². The van der Waals surface area contributed by atoms with Gasteiger partial charge < -0.3 is 9.88 Å². The number of piperidine rings is 1. The molecule has 192 valence electrons. The number of H-pyrrole nitrogens is 1. The fraction of sp³-hybridized carbons (Fsp3) is 0.360. The summed E-state index contributed by atoms with van der Waals surface area (Å²) in [6, 6.07) is 4.51. The average Bonchev–Trinajstić information content (AvgIpc) is 3.52. The van der Waals surface area contributed by atoms with Gasteiger partial charge in [-0.3, -0.25) is 14.4 Å². The summed E-state index contributed by atoms with van der Waals surface area (Å²) >= 11 is 0. The van der Waals surface area contributed by atoms with Crippen molar-refractivity contribution in [2.24, 2.45) is 0 Å². The van der Waals surface area contributed by atoms with Crippen molar-refractivity contribution >= 4 is 16.9 Å². The van der Waals surface area contributed by atoms with Crippen LogP contribution in [-0.2, 0) is 6.18 Å². The quantitative estimate of drug-likeness (QED) is 0.415. The second kappa shape index (κ2) is 8.94. The van der Waals surface area contributed by atoms with Gasteiger partial charge in [-0.2, -0.15) is 18.3 Å². The number of nitrogens with one attached hydrogen (secondary N) is 1. The van der Waals surface area contributed by atoms with Crippen LogP contribution in [0.2, 0.25) is 0 Å². The summed E-state index contributed by atoms with van der Waals surface area (Å²) in [5.74, 6) is -1.72. The van der Waals surface area contributed by atoms with E-state index in [-0.39, 0.29) is 17.6 Å². The molecular formula is C25H23F4N7O. The summed E-state index contributed by atoms with van der Waals surface area (Å²) in [7, 11) is 0. The van der Waals surface area contributed by atoms with Gasteiger partial charge in [0.25, 0.3) is 5.91 Å². The third-order valence-corrected chi connectivity index (χ3v) is 7.29. The second-order valence-electron chi connectivity index (χ2n) is 9.49. The van der Waals surface area contributed by atoms with E-state index in [0.29, 0.717) is 19.2 Å². The lowest BCUT2D eigenvalue weighted by Gasteiger charge is -2.47. The monoisotopic (exact) mass is 513 g/mol. The average molecular weight is 513 g/mol. The number of alkyl halides is 3. The van der Waals surface area contributed by atoms with Crippen LogP contribution >= 0.6 is 0 Å². The van der Waals surface area contributed by atoms with Crippen LogP contribution in [0.3, 0.4) is 0 Å². The third kappa shape index (κ3) is 4.35. The van der Waals surface area contributed by atoms with Crippen LogP contribution < -0.4 is 0 Å². The Kier molecular flexibility index (Phi) is 5.70. The first kappa shape index (κ1) is 23.6. The number of aromatic amines is 1. The molecule has 12 heteroatoms. The molecule has 0 spiro atoms. The highest BCUT2D eigenvalue weighted by Gasteiger charge is 2.37. The number of benzene rings is 1. The molecule has 0 radical (unpaired) electrons. The molecule has 2 aliphatic rings. The Morgan fingerprint density at radius 3 is 2.57 bits per heavy atom. The standard InChI is InChI=1S/C25H23F4N7O/c26-21-9-16(25(27,28)29)1-2-19(21)24(37)34-7-4-17(5-8-34)35-12-18(13-35)36-11-15(10-33-36)22-20-3-6-30-23(20)32-14-31-22/h1-3,6,9-11,14,17-18H,4-5,7-8,12-13H2,(H,30,31,32). The molecule has 1 N–H and O–H groups in total. The van der Waals surface area contributed by atoms with Crippen LogP contribution in [0.15, 0.2) is 49.2 Å². The van der Waals surface area contributed by atoms with Gasteiger partial charge in [-0.25, -0.2) is 14.4 Å². The Morgan fingerprint density at radius 2 is 1.84 bits per heavy atom. The maximum atomic E-state index is 14.3. The smallest absolute Gasteiger partial charge is 0.346 e. The normalized spacial score (nSPS) is 17.9. The van der Waals surface area contributed by atoms with Gasteiger partial charge in [0, 0.05) is 55.6 Å². The number of amides is 1. The number of rotatable bonds is 4. The van der Waals surface area contributed by atoms with Gasteiger partial charge >= 0.3 is 6.18 Å². The zero-order valence-corrected chi connectivity index (χ0v) is 19.6. The van der Waals surface area contributed by atoms with Gasteiger partial charge in [-0.1, -0.05) is 0 Å². The topological polar surface area (TPSA) is 82.9 Å². The lowest BCUT2D eigenvalue weighted by molar-refractivity contribution is -0.137. The molecule has 0 saturated carbocycles. The Hall–Kier alpha value is -3.80. The molecule has 8 nitrogen and oxygen atoms in total. The molecule has 2 saturated heterocycles. The van der Waals surface area contributed by atoms with Crippen molar-refractivity contribution in [3.8, 4) is 11.3 Å². The van der Waals surface area contributed by atoms with Crippen molar-refractivity contribution in [1.82, 2.24) is 34.5 Å². The third-order valence-electron chi connectivity index (χ3n) is 7.29. The van der Waals surface area contributed by atoms with Gasteiger partial charge in [0.15, 0.2) is 0 Å². The lowest BCUT2D eigenvalue weighted by atomic mass is 9.97. The summed E-state index contributed by atoms with van der Waals surface area (Å²) in [4.78, 5) is 28.3. The van der Waals surface area contributed by atoms with E-state index in [1.54, 1.807) is 0 Å². The minimum absolute atomic E-state index is 0.234. The molecule has 1 amide bonds. The Morgan fingerprint density at radius 1 is 1.05 bits per heavy atom. The number of fused-ring (bicyclic) bond motifs is 1. The number of hydrogen-bond donors (Lipinski definition) is 1. The maximum Gasteiger partial charge on any atom is 0.416 e. The lowest BCUT2D eigenvalue weighted by Crippen LogP contribution is -2.56. The SMILES string of the molecule is O=C(c1ccc(C(F)(F)F)cc1F)N1CCC(N2CC(n3cc(-c4ncnc5[nH]ccc45)cn3)C2)CC1. The number of halogens is 4. The van der Waals surface area contributed by atoms with E-state index < -0.39 is 23.5 Å². The van der Waals surface area contributed by atoms with Crippen LogP contribution in [0.1, 0.15) is 34.8 Å². The first-order chi connectivity index (χ1) is 17.8. The fourth-order valence-electron chi connectivity index (χ4n) is 5.19. The fourth-order valence-corrected chi connectivity index (χ4v) is 5.19. The minimum atomic E-state index is -4.65. The molecule has 2 fully saturated rings. The van der Waals surface area contributed by atoms with E-state index in [2.05, 4.69) is 25.0 Å². The molecular weight excluding hydrogens is 490 g/mol. The highest BCUT2D eigenvalue weighted by atomic mass is 19.4. The summed E-state index contributed by atoms with van der Waals surface area (Å²) in [6.45, 7) is 2.52. The van der Waals surface area contributed by atoms with Gasteiger partial charge in [0.1, 0.15) is 17.8 Å². The molecule has 37 heavy (non-hydrogen) atoms. The predicted molar refractivity (Wildman–Crippen MR) is 126 cm³/mol. The summed E-state index contributed by atoms with van der Waals surface area (Å²) in [5, 5.41) is 5.48. The van der Waals surface area contributed by atoms with Crippen LogP contribution in [0.5, 0.6) is 0 Å². The predicted octanol–water partition coefficient (Wildman–Crippen LogP) is 4.14. The Balaban J connectivity index is 1.04. The second-order valence-corrected chi connectivity index (χ2v) is 9.49. The minimum Gasteiger partial charge on any atom is -0.346 e. The van der Waals surface area contributed by atoms with E-state index in [1.807, 2.05) is 29.3 Å². The van der Waals surface area contributed by atoms with E-state index in [0.717, 1.165) is 60.4 Å². The van der Waals surface area contributed by atoms with Crippen molar-refractivity contribution in [1.29, 1.82) is 0 Å². The van der Waals surface area contributed by atoms with Crippen molar-refractivity contribution in [3.05, 3.63) is 66.1 Å². The van der Waals surface area contributed by atoms with E-state index >= 15 is 0 Å². The molecule has 4 aromatic rings. The van der Waals surface area contributed by atoms with Crippen LogP contribution in [0.4, 0.5) is 17.6 Å². The largest absolute Gasteiger partial charge is 0.416 e. The highest BCUT2D eigenvalue weighted by Crippen LogP contribution is 2.32. The number of carbonyl (C=O) groups excluding carboxylic acids is 1. The highest BCUT2D eigenvalue weighted by molar-refractivity contribution is 5.94. The van der Waals surface area contributed by atoms with E-state index in [9.17, 15) is 22.4 Å². The number of aromatic nitrogens is 5. The van der Waals surface area contributed by atoms with Gasteiger partial charge in [0.05, 0.1) is 29.1 Å². The zero-order valence-electron chi connectivity index (χ0n) is 19.6. The van der Waals surface area contributed by atoms with Crippen LogP contribution in [-0.4, -0.2) is 72.7 Å². The number of nitrogens with zero attached hydrogens (tertiary/aromatic N) is 6. The number of likely N-dealkylation sites (tertiary alicyclic amines) is 2. The molecule has 0 unspecified atom stereocenters. The maximum absolute atomic E-state index is 14.3. The van der Waals surface area contributed by atoms with Gasteiger partial charge in [-0.05, 0) is 37.1 Å². The van der Waals surface area contributed by atoms with E-state index in [4.69, 9.17) is 0 Å². The molecule has 0 aliphatic carbocycles. The molecule has 5 heterocycles.